The fourth-order valence-electron chi connectivity index (χ4n) is 1.02. The van der Waals surface area contributed by atoms with E-state index in [1.54, 1.807) is 11.8 Å². The van der Waals surface area contributed by atoms with Crippen molar-refractivity contribution in [2.75, 3.05) is 18.6 Å². The Morgan fingerprint density at radius 2 is 2.13 bits per heavy atom. The number of hydrogen-bond donors (Lipinski definition) is 3. The summed E-state index contributed by atoms with van der Waals surface area (Å²) < 4.78 is 0. The number of rotatable bonds is 7. The second-order valence-electron chi connectivity index (χ2n) is 3.07. The first-order valence-electron chi connectivity index (χ1n) is 4.88. The lowest BCUT2D eigenvalue weighted by molar-refractivity contribution is -0.139. The van der Waals surface area contributed by atoms with E-state index < -0.39 is 18.0 Å². The molecule has 0 rings (SSSR count). The molecule has 0 saturated carbocycles. The zero-order valence-electron chi connectivity index (χ0n) is 9.08. The molecule has 88 valence electrons. The normalized spacial score (nSPS) is 11.9. The number of hydrogen-bond acceptors (Lipinski definition) is 3. The highest BCUT2D eigenvalue weighted by atomic mass is 32.2. The maximum Gasteiger partial charge on any atom is 0.326 e. The number of carboxylic acids is 1. The molecule has 0 radical (unpaired) electrons. The molecular formula is C9H18N2O3S. The van der Waals surface area contributed by atoms with Crippen LogP contribution in [0.15, 0.2) is 0 Å². The van der Waals surface area contributed by atoms with Gasteiger partial charge in [0.15, 0.2) is 0 Å². The zero-order valence-corrected chi connectivity index (χ0v) is 9.89. The summed E-state index contributed by atoms with van der Waals surface area (Å²) in [5.74, 6) is -0.171. The van der Waals surface area contributed by atoms with E-state index in [0.29, 0.717) is 13.0 Å². The van der Waals surface area contributed by atoms with Crippen molar-refractivity contribution in [1.29, 1.82) is 0 Å². The lowest BCUT2D eigenvalue weighted by Gasteiger charge is -2.13. The number of nitrogens with one attached hydrogen (secondary N) is 2. The van der Waals surface area contributed by atoms with Crippen molar-refractivity contribution in [2.45, 2.75) is 25.8 Å². The van der Waals surface area contributed by atoms with Gasteiger partial charge in [-0.15, -0.1) is 0 Å². The van der Waals surface area contributed by atoms with Crippen molar-refractivity contribution >= 4 is 23.8 Å². The average molecular weight is 234 g/mol. The minimum Gasteiger partial charge on any atom is -0.480 e. The summed E-state index contributed by atoms with van der Waals surface area (Å²) in [6, 6.07) is -1.20. The monoisotopic (exact) mass is 234 g/mol. The van der Waals surface area contributed by atoms with Gasteiger partial charge in [0.25, 0.3) is 0 Å². The Balaban J connectivity index is 3.84. The summed E-state index contributed by atoms with van der Waals surface area (Å²) in [5.41, 5.74) is 0. The Kier molecular flexibility index (Phi) is 7.89. The lowest BCUT2D eigenvalue weighted by atomic mass is 10.2. The molecule has 3 N–H and O–H groups in total. The zero-order chi connectivity index (χ0) is 11.7. The summed E-state index contributed by atoms with van der Waals surface area (Å²) in [5, 5.41) is 13.8. The van der Waals surface area contributed by atoms with Gasteiger partial charge in [-0.3, -0.25) is 0 Å². The Labute approximate surface area is 94.0 Å². The lowest BCUT2D eigenvalue weighted by Crippen LogP contribution is -2.46. The van der Waals surface area contributed by atoms with Crippen LogP contribution in [0.1, 0.15) is 19.8 Å². The van der Waals surface area contributed by atoms with Gasteiger partial charge >= 0.3 is 12.0 Å². The minimum absolute atomic E-state index is 0.412. The summed E-state index contributed by atoms with van der Waals surface area (Å²) in [4.78, 5) is 21.9. The third-order valence-electron chi connectivity index (χ3n) is 1.77. The van der Waals surface area contributed by atoms with Gasteiger partial charge in [-0.25, -0.2) is 9.59 Å². The van der Waals surface area contributed by atoms with Crippen LogP contribution in [0.2, 0.25) is 0 Å². The third-order valence-corrected chi connectivity index (χ3v) is 2.38. The van der Waals surface area contributed by atoms with E-state index in [-0.39, 0.29) is 0 Å². The molecule has 1 atom stereocenters. The molecule has 0 fully saturated rings. The number of carbonyl (C=O) groups excluding carboxylic acids is 1. The van der Waals surface area contributed by atoms with Crippen LogP contribution >= 0.6 is 11.8 Å². The Morgan fingerprint density at radius 1 is 1.47 bits per heavy atom. The molecular weight excluding hydrogens is 216 g/mol. The van der Waals surface area contributed by atoms with E-state index in [9.17, 15) is 9.59 Å². The highest BCUT2D eigenvalue weighted by Crippen LogP contribution is 1.96. The first-order valence-corrected chi connectivity index (χ1v) is 6.27. The van der Waals surface area contributed by atoms with Crippen molar-refractivity contribution in [2.24, 2.45) is 0 Å². The number of carbonyl (C=O) groups is 2. The second kappa shape index (κ2) is 8.40. The molecule has 0 aromatic rings. The number of amides is 2. The van der Waals surface area contributed by atoms with E-state index in [1.807, 2.05) is 13.2 Å². The van der Waals surface area contributed by atoms with Crippen LogP contribution in [0.5, 0.6) is 0 Å². The van der Waals surface area contributed by atoms with Gasteiger partial charge in [0.2, 0.25) is 0 Å². The Morgan fingerprint density at radius 3 is 2.60 bits per heavy atom. The molecule has 0 aliphatic carbocycles. The fourth-order valence-corrected chi connectivity index (χ4v) is 1.33. The predicted octanol–water partition coefficient (Wildman–Crippen LogP) is 0.902. The molecule has 0 unspecified atom stereocenters. The van der Waals surface area contributed by atoms with Crippen LogP contribution in [0.3, 0.4) is 0 Å². The SMILES string of the molecule is CCC[C@@H](NC(=O)NCCSC)C(=O)O. The summed E-state index contributed by atoms with van der Waals surface area (Å²) >= 11 is 1.62. The van der Waals surface area contributed by atoms with Crippen LogP contribution in [-0.4, -0.2) is 41.7 Å². The van der Waals surface area contributed by atoms with Gasteiger partial charge in [-0.2, -0.15) is 11.8 Å². The van der Waals surface area contributed by atoms with Crippen molar-refractivity contribution in [3.8, 4) is 0 Å². The van der Waals surface area contributed by atoms with E-state index in [1.165, 1.54) is 0 Å². The quantitative estimate of drug-likeness (QED) is 0.572. The molecule has 15 heavy (non-hydrogen) atoms. The maximum atomic E-state index is 11.2. The van der Waals surface area contributed by atoms with Crippen LogP contribution in [0.25, 0.3) is 0 Å². The first kappa shape index (κ1) is 14.1. The van der Waals surface area contributed by atoms with Gasteiger partial charge in [0.05, 0.1) is 0 Å². The molecule has 0 aromatic carbocycles. The van der Waals surface area contributed by atoms with Gasteiger partial charge in [-0.1, -0.05) is 13.3 Å². The Bertz CT molecular complexity index is 212. The molecule has 0 heterocycles. The number of urea groups is 1. The van der Waals surface area contributed by atoms with Gasteiger partial charge in [0.1, 0.15) is 6.04 Å². The number of carboxylic acid groups (broad SMARTS) is 1. The first-order chi connectivity index (χ1) is 7.11. The van der Waals surface area contributed by atoms with Crippen LogP contribution in [0, 0.1) is 0 Å². The van der Waals surface area contributed by atoms with Gasteiger partial charge < -0.3 is 15.7 Å². The van der Waals surface area contributed by atoms with E-state index in [0.717, 1.165) is 12.2 Å². The topological polar surface area (TPSA) is 78.4 Å². The molecule has 2 amide bonds. The molecule has 0 spiro atoms. The second-order valence-corrected chi connectivity index (χ2v) is 4.06. The highest BCUT2D eigenvalue weighted by molar-refractivity contribution is 7.98. The van der Waals surface area contributed by atoms with Gasteiger partial charge in [0, 0.05) is 12.3 Å². The molecule has 0 saturated heterocycles. The summed E-state index contributed by atoms with van der Waals surface area (Å²) in [6.45, 7) is 2.43. The van der Waals surface area contributed by atoms with Crippen molar-refractivity contribution < 1.29 is 14.7 Å². The van der Waals surface area contributed by atoms with Crippen LogP contribution < -0.4 is 10.6 Å². The van der Waals surface area contributed by atoms with E-state index >= 15 is 0 Å². The van der Waals surface area contributed by atoms with E-state index in [2.05, 4.69) is 10.6 Å². The van der Waals surface area contributed by atoms with Crippen molar-refractivity contribution in [1.82, 2.24) is 10.6 Å². The molecule has 0 bridgehead atoms. The third kappa shape index (κ3) is 7.07. The smallest absolute Gasteiger partial charge is 0.326 e. The van der Waals surface area contributed by atoms with Crippen LogP contribution in [-0.2, 0) is 4.79 Å². The minimum atomic E-state index is -0.989. The molecule has 6 heteroatoms. The number of aliphatic carboxylic acids is 1. The predicted molar refractivity (Wildman–Crippen MR) is 61.2 cm³/mol. The van der Waals surface area contributed by atoms with Crippen molar-refractivity contribution in [3.05, 3.63) is 0 Å². The fraction of sp³-hybridized carbons (Fsp3) is 0.778. The molecule has 5 nitrogen and oxygen atoms in total. The Hall–Kier alpha value is -0.910. The van der Waals surface area contributed by atoms with Gasteiger partial charge in [-0.05, 0) is 12.7 Å². The maximum absolute atomic E-state index is 11.2. The van der Waals surface area contributed by atoms with Crippen LogP contribution in [0.4, 0.5) is 4.79 Å². The van der Waals surface area contributed by atoms with E-state index in [4.69, 9.17) is 5.11 Å². The number of thioether (sulfide) groups is 1. The molecule has 0 aromatic heterocycles. The molecule has 0 aliphatic rings. The van der Waals surface area contributed by atoms with Crippen molar-refractivity contribution in [3.63, 3.8) is 0 Å². The largest absolute Gasteiger partial charge is 0.480 e. The standard InChI is InChI=1S/C9H18N2O3S/c1-3-4-7(8(12)13)11-9(14)10-5-6-15-2/h7H,3-6H2,1-2H3,(H,12,13)(H2,10,11,14)/t7-/m1/s1. The summed E-state index contributed by atoms with van der Waals surface area (Å²) in [7, 11) is 0. The highest BCUT2D eigenvalue weighted by Gasteiger charge is 2.17. The average Bonchev–Trinajstić information content (AvgIpc) is 2.17. The summed E-state index contributed by atoms with van der Waals surface area (Å²) in [6.07, 6.45) is 3.12. The molecule has 0 aliphatic heterocycles.